The minimum absolute atomic E-state index is 0.0701. The van der Waals surface area contributed by atoms with Gasteiger partial charge in [-0.15, -0.1) is 0 Å². The lowest BCUT2D eigenvalue weighted by Gasteiger charge is -2.32. The molecule has 8 nitrogen and oxygen atoms in total. The third-order valence-corrected chi connectivity index (χ3v) is 9.34. The molecular weight excluding hydrogens is 528 g/mol. The molecule has 0 bridgehead atoms. The highest BCUT2D eigenvalue weighted by Gasteiger charge is 2.39. The van der Waals surface area contributed by atoms with Gasteiger partial charge in [0.1, 0.15) is 6.04 Å². The van der Waals surface area contributed by atoms with Gasteiger partial charge >= 0.3 is 0 Å². The number of hydrogen-bond acceptors (Lipinski definition) is 5. The number of anilines is 1. The Labute approximate surface area is 245 Å². The summed E-state index contributed by atoms with van der Waals surface area (Å²) in [5, 5.41) is 2.37. The van der Waals surface area contributed by atoms with Gasteiger partial charge in [0.05, 0.1) is 6.54 Å². The summed E-state index contributed by atoms with van der Waals surface area (Å²) in [7, 11) is 0. The molecule has 1 N–H and O–H groups in total. The Kier molecular flexibility index (Phi) is 6.66. The van der Waals surface area contributed by atoms with Crippen LogP contribution < -0.4 is 10.2 Å². The van der Waals surface area contributed by atoms with Crippen LogP contribution in [0.5, 0.6) is 0 Å². The zero-order valence-corrected chi connectivity index (χ0v) is 23.8. The van der Waals surface area contributed by atoms with Crippen molar-refractivity contribution in [2.75, 3.05) is 18.0 Å². The molecule has 4 heterocycles. The first kappa shape index (κ1) is 26.6. The van der Waals surface area contributed by atoms with Crippen molar-refractivity contribution < 1.29 is 19.2 Å². The van der Waals surface area contributed by atoms with E-state index in [-0.39, 0.29) is 30.0 Å². The Morgan fingerprint density at radius 3 is 2.33 bits per heavy atom. The highest BCUT2D eigenvalue weighted by Crippen LogP contribution is 2.35. The van der Waals surface area contributed by atoms with Crippen LogP contribution in [0.1, 0.15) is 80.1 Å². The Balaban J connectivity index is 0.971. The van der Waals surface area contributed by atoms with Crippen molar-refractivity contribution in [3.63, 3.8) is 0 Å². The zero-order chi connectivity index (χ0) is 29.0. The monoisotopic (exact) mass is 562 g/mol. The van der Waals surface area contributed by atoms with Gasteiger partial charge in [0.2, 0.25) is 11.8 Å². The Morgan fingerprint density at radius 2 is 1.57 bits per heavy atom. The third-order valence-electron chi connectivity index (χ3n) is 9.34. The summed E-state index contributed by atoms with van der Waals surface area (Å²) in [6, 6.07) is 20.0. The summed E-state index contributed by atoms with van der Waals surface area (Å²) in [6.45, 7) is 5.81. The van der Waals surface area contributed by atoms with Gasteiger partial charge in [0.25, 0.3) is 11.8 Å². The minimum Gasteiger partial charge on any atom is -0.322 e. The fourth-order valence-electron chi connectivity index (χ4n) is 6.91. The number of nitrogens with one attached hydrogen (secondary N) is 1. The van der Waals surface area contributed by atoms with Gasteiger partial charge < -0.3 is 9.80 Å². The maximum atomic E-state index is 13.2. The van der Waals surface area contributed by atoms with Crippen molar-refractivity contribution in [3.05, 3.63) is 99.6 Å². The van der Waals surface area contributed by atoms with Crippen LogP contribution >= 0.6 is 0 Å². The first-order valence-corrected chi connectivity index (χ1v) is 14.8. The number of fused-ring (bicyclic) bond motifs is 2. The van der Waals surface area contributed by atoms with Gasteiger partial charge in [-0.25, -0.2) is 0 Å². The molecule has 3 aromatic carbocycles. The Bertz CT molecular complexity index is 1610. The van der Waals surface area contributed by atoms with E-state index in [2.05, 4.69) is 40.5 Å². The van der Waals surface area contributed by atoms with Crippen LogP contribution in [-0.4, -0.2) is 52.6 Å². The minimum atomic E-state index is -0.588. The molecule has 2 fully saturated rings. The number of carbonyl (C=O) groups is 4. The van der Waals surface area contributed by atoms with Crippen LogP contribution in [0.15, 0.2) is 60.7 Å². The summed E-state index contributed by atoms with van der Waals surface area (Å²) < 4.78 is 0. The van der Waals surface area contributed by atoms with Crippen LogP contribution in [0.2, 0.25) is 0 Å². The standard InChI is InChI=1S/C34H34N4O4/c1-21-2-7-27(8-3-21)37-19-25-5-4-22(16-29(25)34(37)42)18-36-14-12-23(13-15-36)24-6-9-28-26(17-24)20-38(33(28)41)30-10-11-31(39)35-32(30)40/h2-9,16-17,23,30H,10-15,18-20H2,1H3,(H,35,39,40). The van der Waals surface area contributed by atoms with E-state index in [1.54, 1.807) is 4.90 Å². The van der Waals surface area contributed by atoms with Crippen LogP contribution in [0, 0.1) is 6.92 Å². The average molecular weight is 563 g/mol. The number of nitrogens with zero attached hydrogens (tertiary/aromatic N) is 3. The fourth-order valence-corrected chi connectivity index (χ4v) is 6.91. The second kappa shape index (κ2) is 10.5. The molecule has 2 saturated heterocycles. The lowest BCUT2D eigenvalue weighted by Crippen LogP contribution is -2.52. The second-order valence-corrected chi connectivity index (χ2v) is 12.1. The highest BCUT2D eigenvalue weighted by molar-refractivity contribution is 6.10. The maximum Gasteiger partial charge on any atom is 0.258 e. The molecule has 0 radical (unpaired) electrons. The molecule has 0 aliphatic carbocycles. The van der Waals surface area contributed by atoms with Crippen molar-refractivity contribution in [2.24, 2.45) is 0 Å². The summed E-state index contributed by atoms with van der Waals surface area (Å²) >= 11 is 0. The molecule has 1 atom stereocenters. The van der Waals surface area contributed by atoms with Gasteiger partial charge in [-0.3, -0.25) is 29.4 Å². The summed E-state index contributed by atoms with van der Waals surface area (Å²) in [5.41, 5.74) is 8.03. The first-order valence-electron chi connectivity index (χ1n) is 14.8. The summed E-state index contributed by atoms with van der Waals surface area (Å²) in [5.74, 6) is -0.299. The van der Waals surface area contributed by atoms with E-state index < -0.39 is 6.04 Å². The van der Waals surface area contributed by atoms with E-state index in [1.165, 1.54) is 11.1 Å². The molecule has 7 rings (SSSR count). The quantitative estimate of drug-likeness (QED) is 0.469. The zero-order valence-electron chi connectivity index (χ0n) is 23.8. The van der Waals surface area contributed by atoms with E-state index >= 15 is 0 Å². The molecule has 4 amide bonds. The predicted molar refractivity (Wildman–Crippen MR) is 158 cm³/mol. The van der Waals surface area contributed by atoms with Gasteiger partial charge in [-0.2, -0.15) is 0 Å². The van der Waals surface area contributed by atoms with Crippen LogP contribution in [0.4, 0.5) is 5.69 Å². The number of likely N-dealkylation sites (tertiary alicyclic amines) is 1. The smallest absolute Gasteiger partial charge is 0.258 e. The van der Waals surface area contributed by atoms with Crippen LogP contribution in [0.3, 0.4) is 0 Å². The number of aryl methyl sites for hydroxylation is 1. The third kappa shape index (κ3) is 4.79. The molecule has 4 aliphatic rings. The van der Waals surface area contributed by atoms with E-state index in [0.29, 0.717) is 31.0 Å². The first-order chi connectivity index (χ1) is 20.3. The number of benzene rings is 3. The number of rotatable bonds is 5. The summed E-state index contributed by atoms with van der Waals surface area (Å²) in [6.07, 6.45) is 2.68. The van der Waals surface area contributed by atoms with Crippen molar-refractivity contribution in [3.8, 4) is 0 Å². The van der Waals surface area contributed by atoms with Crippen molar-refractivity contribution in [1.29, 1.82) is 0 Å². The topological polar surface area (TPSA) is 90.0 Å². The van der Waals surface area contributed by atoms with Crippen molar-refractivity contribution in [2.45, 2.75) is 64.2 Å². The molecule has 214 valence electrons. The van der Waals surface area contributed by atoms with Gasteiger partial charge in [-0.1, -0.05) is 42.0 Å². The van der Waals surface area contributed by atoms with Crippen LogP contribution in [0.25, 0.3) is 0 Å². The van der Waals surface area contributed by atoms with Gasteiger partial charge in [0.15, 0.2) is 0 Å². The van der Waals surface area contributed by atoms with Crippen molar-refractivity contribution in [1.82, 2.24) is 15.1 Å². The Morgan fingerprint density at radius 1 is 0.786 bits per heavy atom. The molecule has 0 spiro atoms. The molecule has 0 aromatic heterocycles. The van der Waals surface area contributed by atoms with E-state index in [1.807, 2.05) is 42.2 Å². The number of piperidine rings is 2. The maximum absolute atomic E-state index is 13.2. The second-order valence-electron chi connectivity index (χ2n) is 12.1. The lowest BCUT2D eigenvalue weighted by atomic mass is 9.87. The number of amides is 4. The lowest BCUT2D eigenvalue weighted by molar-refractivity contribution is -0.136. The molecule has 8 heteroatoms. The van der Waals surface area contributed by atoms with Crippen LogP contribution in [-0.2, 0) is 29.2 Å². The van der Waals surface area contributed by atoms with Crippen molar-refractivity contribution >= 4 is 29.3 Å². The molecule has 42 heavy (non-hydrogen) atoms. The summed E-state index contributed by atoms with van der Waals surface area (Å²) in [4.78, 5) is 56.1. The molecule has 3 aromatic rings. The van der Waals surface area contributed by atoms with Gasteiger partial charge in [-0.05, 0) is 91.7 Å². The number of hydrogen-bond donors (Lipinski definition) is 1. The highest BCUT2D eigenvalue weighted by atomic mass is 16.2. The van der Waals surface area contributed by atoms with Gasteiger partial charge in [0, 0.05) is 36.3 Å². The van der Waals surface area contributed by atoms with E-state index in [9.17, 15) is 19.2 Å². The van der Waals surface area contributed by atoms with E-state index in [4.69, 9.17) is 0 Å². The number of carbonyl (C=O) groups excluding carboxylic acids is 4. The number of imide groups is 1. The largest absolute Gasteiger partial charge is 0.322 e. The average Bonchev–Trinajstić information content (AvgIpc) is 3.49. The Hall–Kier alpha value is -4.30. The molecule has 0 saturated carbocycles. The molecule has 4 aliphatic heterocycles. The fraction of sp³-hybridized carbons (Fsp3) is 0.353. The molecule has 1 unspecified atom stereocenters. The predicted octanol–water partition coefficient (Wildman–Crippen LogP) is 4.30. The van der Waals surface area contributed by atoms with E-state index in [0.717, 1.165) is 60.4 Å². The SMILES string of the molecule is Cc1ccc(N2Cc3ccc(CN4CCC(c5ccc6c(c5)CN(C5CCC(=O)NC5=O)C6=O)CC4)cc3C2=O)cc1. The normalized spacial score (nSPS) is 21.1. The molecular formula is C34H34N4O4.